The largest absolute Gasteiger partial charge is 0.480 e. The van der Waals surface area contributed by atoms with Crippen LogP contribution in [-0.4, -0.2) is 15.9 Å². The Morgan fingerprint density at radius 3 is 2.70 bits per heavy atom. The molecule has 0 aromatic heterocycles. The summed E-state index contributed by atoms with van der Waals surface area (Å²) >= 11 is 3.14. The number of hydrogen-bond acceptors (Lipinski definition) is 2. The van der Waals surface area contributed by atoms with Crippen LogP contribution in [0.25, 0.3) is 0 Å². The fraction of sp³-hybridized carbons (Fsp3) is 0.500. The Bertz CT molecular complexity index is 530. The molecule has 4 heteroatoms. The van der Waals surface area contributed by atoms with Gasteiger partial charge in [0.2, 0.25) is 0 Å². The molecule has 2 rings (SSSR count). The predicted molar refractivity (Wildman–Crippen MR) is 81.0 cm³/mol. The van der Waals surface area contributed by atoms with Gasteiger partial charge in [-0.1, -0.05) is 47.3 Å². The number of alkyl halides is 1. The second-order valence-electron chi connectivity index (χ2n) is 5.38. The van der Waals surface area contributed by atoms with Gasteiger partial charge in [-0.3, -0.25) is 4.79 Å². The highest BCUT2D eigenvalue weighted by molar-refractivity contribution is 9.10. The molecule has 0 saturated heterocycles. The second-order valence-corrected chi connectivity index (χ2v) is 6.48. The number of hydrogen-bond donors (Lipinski definition) is 1. The van der Waals surface area contributed by atoms with Gasteiger partial charge < -0.3 is 5.11 Å². The quantitative estimate of drug-likeness (QED) is 0.846. The molecule has 106 valence electrons. The molecule has 1 aromatic rings. The maximum Gasteiger partial charge on any atom is 0.317 e. The van der Waals surface area contributed by atoms with Crippen molar-refractivity contribution in [3.05, 3.63) is 34.9 Å². The van der Waals surface area contributed by atoms with Crippen LogP contribution < -0.4 is 0 Å². The molecule has 0 heterocycles. The lowest BCUT2D eigenvalue weighted by Gasteiger charge is -2.23. The van der Waals surface area contributed by atoms with E-state index >= 15 is 0 Å². The second kappa shape index (κ2) is 6.90. The Labute approximate surface area is 127 Å². The number of carboxylic acid groups (broad SMARTS) is 1. The number of benzene rings is 1. The van der Waals surface area contributed by atoms with Crippen molar-refractivity contribution in [2.45, 2.75) is 49.3 Å². The summed E-state index contributed by atoms with van der Waals surface area (Å²) in [6, 6.07) is 8.10. The molecule has 20 heavy (non-hydrogen) atoms. The molecule has 0 bridgehead atoms. The van der Waals surface area contributed by atoms with Crippen LogP contribution in [0.4, 0.5) is 0 Å². The van der Waals surface area contributed by atoms with Crippen molar-refractivity contribution in [2.24, 2.45) is 0 Å². The summed E-state index contributed by atoms with van der Waals surface area (Å²) in [6.45, 7) is 0. The summed E-state index contributed by atoms with van der Waals surface area (Å²) in [7, 11) is 0. The number of nitriles is 1. The normalized spacial score (nSPS) is 17.4. The van der Waals surface area contributed by atoms with Crippen molar-refractivity contribution in [3.8, 4) is 6.07 Å². The maximum atomic E-state index is 10.9. The average molecular weight is 336 g/mol. The fourth-order valence-electron chi connectivity index (χ4n) is 2.89. The molecule has 0 spiro atoms. The van der Waals surface area contributed by atoms with Gasteiger partial charge in [-0.15, -0.1) is 0 Å². The number of halogens is 1. The lowest BCUT2D eigenvalue weighted by Crippen LogP contribution is -2.15. The highest BCUT2D eigenvalue weighted by Crippen LogP contribution is 2.34. The first-order valence-corrected chi connectivity index (χ1v) is 7.93. The van der Waals surface area contributed by atoms with Gasteiger partial charge in [0.05, 0.1) is 11.6 Å². The molecule has 1 atom stereocenters. The van der Waals surface area contributed by atoms with E-state index in [0.717, 1.165) is 24.0 Å². The zero-order valence-electron chi connectivity index (χ0n) is 11.3. The van der Waals surface area contributed by atoms with Crippen LogP contribution in [0.1, 0.15) is 54.7 Å². The van der Waals surface area contributed by atoms with Crippen LogP contribution in [0.2, 0.25) is 0 Å². The molecule has 1 aromatic carbocycles. The standard InChI is InChI=1S/C16H18BrNO2/c17-15(16(19)20)9-11-6-7-14(13(8-11)10-18)12-4-2-1-3-5-12/h6-8,12,15H,1-5,9H2,(H,19,20). The summed E-state index contributed by atoms with van der Waals surface area (Å²) < 4.78 is 0. The molecule has 0 amide bonds. The first kappa shape index (κ1) is 15.1. The van der Waals surface area contributed by atoms with E-state index < -0.39 is 10.8 Å². The van der Waals surface area contributed by atoms with Gasteiger partial charge in [-0.05, 0) is 42.4 Å². The molecule has 0 radical (unpaired) electrons. The van der Waals surface area contributed by atoms with Crippen molar-refractivity contribution in [2.75, 3.05) is 0 Å². The number of aliphatic carboxylic acids is 1. The van der Waals surface area contributed by atoms with Gasteiger partial charge in [-0.25, -0.2) is 0 Å². The van der Waals surface area contributed by atoms with Crippen LogP contribution in [0.5, 0.6) is 0 Å². The summed E-state index contributed by atoms with van der Waals surface area (Å²) in [6.07, 6.45) is 6.48. The molecule has 1 fully saturated rings. The highest BCUT2D eigenvalue weighted by Gasteiger charge is 2.20. The Kier molecular flexibility index (Phi) is 5.19. The van der Waals surface area contributed by atoms with Crippen molar-refractivity contribution in [1.82, 2.24) is 0 Å². The number of nitrogens with zero attached hydrogens (tertiary/aromatic N) is 1. The molecule has 1 saturated carbocycles. The first-order valence-electron chi connectivity index (χ1n) is 7.01. The molecule has 1 unspecified atom stereocenters. The topological polar surface area (TPSA) is 61.1 Å². The van der Waals surface area contributed by atoms with Crippen LogP contribution in [0.3, 0.4) is 0 Å². The monoisotopic (exact) mass is 335 g/mol. The van der Waals surface area contributed by atoms with E-state index in [1.807, 2.05) is 18.2 Å². The maximum absolute atomic E-state index is 10.9. The van der Waals surface area contributed by atoms with E-state index in [4.69, 9.17) is 5.11 Å². The minimum atomic E-state index is -0.875. The molecule has 1 aliphatic carbocycles. The zero-order valence-corrected chi connectivity index (χ0v) is 12.9. The first-order chi connectivity index (χ1) is 9.61. The van der Waals surface area contributed by atoms with Crippen LogP contribution >= 0.6 is 15.9 Å². The Morgan fingerprint density at radius 2 is 2.10 bits per heavy atom. The third-order valence-corrected chi connectivity index (χ3v) is 4.68. The van der Waals surface area contributed by atoms with Crippen LogP contribution in [0.15, 0.2) is 18.2 Å². The van der Waals surface area contributed by atoms with E-state index in [-0.39, 0.29) is 0 Å². The van der Waals surface area contributed by atoms with E-state index in [9.17, 15) is 10.1 Å². The predicted octanol–water partition coefficient (Wildman–Crippen LogP) is 4.00. The van der Waals surface area contributed by atoms with E-state index in [0.29, 0.717) is 17.9 Å². The lowest BCUT2D eigenvalue weighted by molar-refractivity contribution is -0.136. The van der Waals surface area contributed by atoms with Gasteiger partial charge in [0.1, 0.15) is 4.83 Å². The molecule has 1 aliphatic rings. The van der Waals surface area contributed by atoms with Crippen molar-refractivity contribution >= 4 is 21.9 Å². The van der Waals surface area contributed by atoms with E-state index in [2.05, 4.69) is 22.0 Å². The average Bonchev–Trinajstić information content (AvgIpc) is 2.47. The zero-order chi connectivity index (χ0) is 14.5. The fourth-order valence-corrected chi connectivity index (χ4v) is 3.26. The minimum Gasteiger partial charge on any atom is -0.480 e. The number of carboxylic acids is 1. The van der Waals surface area contributed by atoms with Crippen molar-refractivity contribution < 1.29 is 9.90 Å². The number of rotatable bonds is 4. The summed E-state index contributed by atoms with van der Waals surface area (Å²) in [5.74, 6) is -0.383. The van der Waals surface area contributed by atoms with Gasteiger partial charge in [0.25, 0.3) is 0 Å². The van der Waals surface area contributed by atoms with Gasteiger partial charge >= 0.3 is 5.97 Å². The SMILES string of the molecule is N#Cc1cc(CC(Br)C(=O)O)ccc1C1CCCCC1. The van der Waals surface area contributed by atoms with Crippen molar-refractivity contribution in [1.29, 1.82) is 5.26 Å². The number of carbonyl (C=O) groups is 1. The Morgan fingerprint density at radius 1 is 1.40 bits per heavy atom. The Balaban J connectivity index is 2.19. The van der Waals surface area contributed by atoms with Crippen LogP contribution in [-0.2, 0) is 11.2 Å². The third-order valence-electron chi connectivity index (χ3n) is 3.97. The van der Waals surface area contributed by atoms with Gasteiger partial charge in [-0.2, -0.15) is 5.26 Å². The molecular weight excluding hydrogens is 318 g/mol. The van der Waals surface area contributed by atoms with Crippen LogP contribution in [0, 0.1) is 11.3 Å². The lowest BCUT2D eigenvalue weighted by atomic mass is 9.82. The smallest absolute Gasteiger partial charge is 0.317 e. The van der Waals surface area contributed by atoms with Gasteiger partial charge in [0, 0.05) is 0 Å². The summed E-state index contributed by atoms with van der Waals surface area (Å²) in [5, 5.41) is 18.3. The molecular formula is C16H18BrNO2. The van der Waals surface area contributed by atoms with Gasteiger partial charge in [0.15, 0.2) is 0 Å². The Hall–Kier alpha value is -1.34. The summed E-state index contributed by atoms with van der Waals surface area (Å²) in [5.41, 5.74) is 2.74. The van der Waals surface area contributed by atoms with Crippen molar-refractivity contribution in [3.63, 3.8) is 0 Å². The minimum absolute atomic E-state index is 0.398. The molecule has 3 nitrogen and oxygen atoms in total. The van der Waals surface area contributed by atoms with E-state index in [1.165, 1.54) is 19.3 Å². The highest BCUT2D eigenvalue weighted by atomic mass is 79.9. The third kappa shape index (κ3) is 3.61. The molecule has 0 aliphatic heterocycles. The van der Waals surface area contributed by atoms with E-state index in [1.54, 1.807) is 0 Å². The summed E-state index contributed by atoms with van der Waals surface area (Å²) in [4.78, 5) is 10.3. The molecule has 1 N–H and O–H groups in total.